The monoisotopic (exact) mass is 338 g/mol. The third-order valence-corrected chi connectivity index (χ3v) is 5.68. The lowest BCUT2D eigenvalue weighted by Crippen LogP contribution is -2.40. The van der Waals surface area contributed by atoms with Crippen molar-refractivity contribution in [2.75, 3.05) is 36.0 Å². The van der Waals surface area contributed by atoms with Crippen molar-refractivity contribution in [1.29, 1.82) is 0 Å². The summed E-state index contributed by atoms with van der Waals surface area (Å²) in [5, 5.41) is 1.31. The Hall–Kier alpha value is -1.18. The van der Waals surface area contributed by atoms with Crippen LogP contribution >= 0.6 is 22.9 Å². The van der Waals surface area contributed by atoms with E-state index in [-0.39, 0.29) is 5.28 Å². The fourth-order valence-corrected chi connectivity index (χ4v) is 4.38. The number of nitrogens with two attached hydrogens (primary N) is 1. The minimum Gasteiger partial charge on any atom is -0.355 e. The van der Waals surface area contributed by atoms with Crippen molar-refractivity contribution in [3.05, 3.63) is 5.28 Å². The van der Waals surface area contributed by atoms with Crippen molar-refractivity contribution >= 4 is 44.2 Å². The van der Waals surface area contributed by atoms with Crippen LogP contribution in [0.4, 0.5) is 10.9 Å². The lowest BCUT2D eigenvalue weighted by Gasteiger charge is -2.31. The molecule has 0 atom stereocenters. The Morgan fingerprint density at radius 1 is 1.00 bits per heavy atom. The predicted molar refractivity (Wildman–Crippen MR) is 91.1 cm³/mol. The van der Waals surface area contributed by atoms with Crippen LogP contribution < -0.4 is 15.5 Å². The van der Waals surface area contributed by atoms with Gasteiger partial charge < -0.3 is 15.5 Å². The maximum atomic E-state index is 6.12. The summed E-state index contributed by atoms with van der Waals surface area (Å²) < 4.78 is 1.04. The van der Waals surface area contributed by atoms with Crippen molar-refractivity contribution < 1.29 is 0 Å². The van der Waals surface area contributed by atoms with Crippen LogP contribution in [0.15, 0.2) is 0 Å². The molecule has 6 nitrogen and oxygen atoms in total. The van der Waals surface area contributed by atoms with Gasteiger partial charge in [-0.25, -0.2) is 0 Å². The van der Waals surface area contributed by atoms with Gasteiger partial charge >= 0.3 is 0 Å². The summed E-state index contributed by atoms with van der Waals surface area (Å²) in [6, 6.07) is 0.297. The molecule has 4 rings (SSSR count). The second-order valence-electron chi connectivity index (χ2n) is 5.98. The van der Waals surface area contributed by atoms with Crippen LogP contribution in [-0.2, 0) is 0 Å². The van der Waals surface area contributed by atoms with E-state index in [1.54, 1.807) is 11.3 Å². The molecule has 4 heterocycles. The largest absolute Gasteiger partial charge is 0.355 e. The normalized spacial score (nSPS) is 20.3. The first-order chi connectivity index (χ1) is 10.7. The third-order valence-electron chi connectivity index (χ3n) is 4.41. The number of thiazole rings is 1. The van der Waals surface area contributed by atoms with Gasteiger partial charge in [-0.3, -0.25) is 0 Å². The number of hydrogen-bond donors (Lipinski definition) is 1. The zero-order valence-corrected chi connectivity index (χ0v) is 13.9. The van der Waals surface area contributed by atoms with Gasteiger partial charge in [-0.05, 0) is 37.3 Å². The van der Waals surface area contributed by atoms with E-state index >= 15 is 0 Å². The first kappa shape index (κ1) is 14.4. The molecule has 0 radical (unpaired) electrons. The maximum Gasteiger partial charge on any atom is 0.226 e. The molecule has 2 aromatic heterocycles. The van der Waals surface area contributed by atoms with Crippen LogP contribution in [0.25, 0.3) is 10.3 Å². The van der Waals surface area contributed by atoms with E-state index in [4.69, 9.17) is 17.3 Å². The summed E-state index contributed by atoms with van der Waals surface area (Å²) in [5.74, 6) is 0.921. The van der Waals surface area contributed by atoms with E-state index in [0.29, 0.717) is 6.04 Å². The molecule has 2 aromatic rings. The number of halogens is 1. The summed E-state index contributed by atoms with van der Waals surface area (Å²) in [6.07, 6.45) is 4.44. The Kier molecular flexibility index (Phi) is 3.79. The summed E-state index contributed by atoms with van der Waals surface area (Å²) in [7, 11) is 0. The molecule has 2 aliphatic heterocycles. The average Bonchev–Trinajstić information content (AvgIpc) is 3.15. The summed E-state index contributed by atoms with van der Waals surface area (Å²) in [4.78, 5) is 18.1. The fourth-order valence-electron chi connectivity index (χ4n) is 3.14. The Labute approximate surface area is 138 Å². The van der Waals surface area contributed by atoms with E-state index in [1.165, 1.54) is 12.8 Å². The Morgan fingerprint density at radius 3 is 2.45 bits per heavy atom. The molecule has 2 aliphatic rings. The minimum absolute atomic E-state index is 0.274. The number of rotatable bonds is 2. The lowest BCUT2D eigenvalue weighted by molar-refractivity contribution is 0.499. The molecule has 8 heteroatoms. The van der Waals surface area contributed by atoms with Gasteiger partial charge in [-0.15, -0.1) is 0 Å². The summed E-state index contributed by atoms with van der Waals surface area (Å²) in [6.45, 7) is 3.99. The summed E-state index contributed by atoms with van der Waals surface area (Å²) >= 11 is 7.80. The number of hydrogen-bond acceptors (Lipinski definition) is 7. The third kappa shape index (κ3) is 2.61. The van der Waals surface area contributed by atoms with Crippen molar-refractivity contribution in [3.63, 3.8) is 0 Å². The summed E-state index contributed by atoms with van der Waals surface area (Å²) in [5.41, 5.74) is 6.72. The Balaban J connectivity index is 1.73. The maximum absolute atomic E-state index is 6.12. The molecule has 22 heavy (non-hydrogen) atoms. The van der Waals surface area contributed by atoms with Crippen molar-refractivity contribution in [1.82, 2.24) is 15.0 Å². The SMILES string of the molecule is NC1CCN(c2nc(Cl)nc3nc(N4CCCC4)sc23)CC1. The van der Waals surface area contributed by atoms with Gasteiger partial charge in [0.1, 0.15) is 4.70 Å². The first-order valence-electron chi connectivity index (χ1n) is 7.80. The molecule has 2 fully saturated rings. The van der Waals surface area contributed by atoms with E-state index in [0.717, 1.165) is 60.3 Å². The van der Waals surface area contributed by atoms with Crippen LogP contribution in [0.3, 0.4) is 0 Å². The molecule has 0 aromatic carbocycles. The highest BCUT2D eigenvalue weighted by Crippen LogP contribution is 2.36. The minimum atomic E-state index is 0.274. The highest BCUT2D eigenvalue weighted by atomic mass is 35.5. The lowest BCUT2D eigenvalue weighted by atomic mass is 10.1. The van der Waals surface area contributed by atoms with Gasteiger partial charge in [0.15, 0.2) is 16.6 Å². The molecule has 2 saturated heterocycles. The van der Waals surface area contributed by atoms with Crippen LogP contribution in [0.2, 0.25) is 5.28 Å². The predicted octanol–water partition coefficient (Wildman–Crippen LogP) is 2.27. The molecule has 0 amide bonds. The van der Waals surface area contributed by atoms with Crippen molar-refractivity contribution in [3.8, 4) is 0 Å². The number of nitrogens with zero attached hydrogens (tertiary/aromatic N) is 5. The van der Waals surface area contributed by atoms with Crippen LogP contribution in [0.1, 0.15) is 25.7 Å². The average molecular weight is 339 g/mol. The van der Waals surface area contributed by atoms with Crippen molar-refractivity contribution in [2.24, 2.45) is 5.73 Å². The van der Waals surface area contributed by atoms with Crippen LogP contribution in [-0.4, -0.2) is 47.2 Å². The van der Waals surface area contributed by atoms with E-state index in [1.807, 2.05) is 0 Å². The molecular weight excluding hydrogens is 320 g/mol. The van der Waals surface area contributed by atoms with E-state index in [9.17, 15) is 0 Å². The molecule has 0 unspecified atom stereocenters. The zero-order valence-electron chi connectivity index (χ0n) is 12.3. The van der Waals surface area contributed by atoms with Gasteiger partial charge in [-0.2, -0.15) is 15.0 Å². The van der Waals surface area contributed by atoms with Gasteiger partial charge in [-0.1, -0.05) is 11.3 Å². The smallest absolute Gasteiger partial charge is 0.226 e. The van der Waals surface area contributed by atoms with Crippen LogP contribution in [0, 0.1) is 0 Å². The topological polar surface area (TPSA) is 71.2 Å². The standard InChI is InChI=1S/C14H19ClN6S/c15-13-17-11-10(22-14(18-11)21-5-1-2-6-21)12(19-13)20-7-3-9(16)4-8-20/h9H,1-8,16H2. The van der Waals surface area contributed by atoms with Crippen molar-refractivity contribution in [2.45, 2.75) is 31.7 Å². The number of piperidine rings is 1. The fraction of sp³-hybridized carbons (Fsp3) is 0.643. The van der Waals surface area contributed by atoms with Crippen LogP contribution in [0.5, 0.6) is 0 Å². The van der Waals surface area contributed by atoms with Gasteiger partial charge in [0, 0.05) is 32.2 Å². The molecule has 0 bridgehead atoms. The second-order valence-corrected chi connectivity index (χ2v) is 7.30. The second kappa shape index (κ2) is 5.79. The molecular formula is C14H19ClN6S. The van der Waals surface area contributed by atoms with E-state index < -0.39 is 0 Å². The Morgan fingerprint density at radius 2 is 1.73 bits per heavy atom. The van der Waals surface area contributed by atoms with E-state index in [2.05, 4.69) is 24.8 Å². The molecule has 118 valence electrons. The highest BCUT2D eigenvalue weighted by Gasteiger charge is 2.24. The molecule has 0 saturated carbocycles. The van der Waals surface area contributed by atoms with Gasteiger partial charge in [0.2, 0.25) is 5.28 Å². The Bertz CT molecular complexity index is 675. The van der Waals surface area contributed by atoms with Gasteiger partial charge in [0.05, 0.1) is 0 Å². The highest BCUT2D eigenvalue weighted by molar-refractivity contribution is 7.22. The number of aromatic nitrogens is 3. The zero-order chi connectivity index (χ0) is 15.1. The molecule has 2 N–H and O–H groups in total. The molecule has 0 spiro atoms. The molecule has 0 aliphatic carbocycles. The first-order valence-corrected chi connectivity index (χ1v) is 9.00. The van der Waals surface area contributed by atoms with Gasteiger partial charge in [0.25, 0.3) is 0 Å². The number of anilines is 2. The quantitative estimate of drug-likeness (QED) is 0.847. The number of fused-ring (bicyclic) bond motifs is 1.